The smallest absolute Gasteiger partial charge is 0.239 e. The molecule has 1 aliphatic heterocycles. The number of aliphatic hydroxyl groups excluding tert-OH is 3. The average molecular weight is 530 g/mol. The summed E-state index contributed by atoms with van der Waals surface area (Å²) in [6.07, 6.45) is 1.30. The van der Waals surface area contributed by atoms with E-state index in [1.807, 2.05) is 0 Å². The van der Waals surface area contributed by atoms with Crippen LogP contribution >= 0.6 is 0 Å². The minimum atomic E-state index is -1.68. The summed E-state index contributed by atoms with van der Waals surface area (Å²) in [5.41, 5.74) is 10.2. The quantitative estimate of drug-likeness (QED) is 0.0879. The van der Waals surface area contributed by atoms with Crippen LogP contribution in [0.4, 0.5) is 0 Å². The SMILES string of the molecule is CC(=O)C1CCCCCC(=O)CCC(NN[C@H](C=O)CO)C(=O)N[C@@H]([C@@H](C)O)C(=O)C(=O)[C@H](CO)NN1. The number of amides is 1. The Morgan fingerprint density at radius 1 is 1.05 bits per heavy atom. The highest BCUT2D eigenvalue weighted by Crippen LogP contribution is 2.11. The highest BCUT2D eigenvalue weighted by atomic mass is 16.3. The molecule has 0 aromatic carbocycles. The molecule has 2 unspecified atom stereocenters. The number of rotatable bonds is 8. The first-order valence-electron chi connectivity index (χ1n) is 12.3. The van der Waals surface area contributed by atoms with E-state index in [-0.39, 0.29) is 30.8 Å². The number of hydrogen-bond acceptors (Lipinski definition) is 13. The molecule has 210 valence electrons. The zero-order chi connectivity index (χ0) is 28.0. The van der Waals surface area contributed by atoms with Crippen molar-refractivity contribution in [3.05, 3.63) is 0 Å². The van der Waals surface area contributed by atoms with Gasteiger partial charge in [-0.15, -0.1) is 0 Å². The molecule has 1 rings (SSSR count). The van der Waals surface area contributed by atoms with Gasteiger partial charge in [-0.05, 0) is 33.1 Å². The third kappa shape index (κ3) is 11.2. The Morgan fingerprint density at radius 2 is 1.76 bits per heavy atom. The Kier molecular flexibility index (Phi) is 15.1. The summed E-state index contributed by atoms with van der Waals surface area (Å²) < 4.78 is 0. The van der Waals surface area contributed by atoms with Crippen molar-refractivity contribution < 1.29 is 44.1 Å². The molecule has 1 saturated heterocycles. The second kappa shape index (κ2) is 17.1. The minimum absolute atomic E-state index is 0.0159. The number of carbonyl (C=O) groups excluding carboxylic acids is 6. The average Bonchev–Trinajstić information content (AvgIpc) is 2.86. The van der Waals surface area contributed by atoms with Crippen LogP contribution < -0.4 is 27.0 Å². The largest absolute Gasteiger partial charge is 0.394 e. The summed E-state index contributed by atoms with van der Waals surface area (Å²) in [5.74, 6) is -3.53. The molecule has 14 heteroatoms. The summed E-state index contributed by atoms with van der Waals surface area (Å²) in [5, 5.41) is 31.3. The number of aliphatic hydroxyl groups is 3. The highest BCUT2D eigenvalue weighted by molar-refractivity contribution is 6.41. The van der Waals surface area contributed by atoms with Crippen LogP contribution in [0.5, 0.6) is 0 Å². The van der Waals surface area contributed by atoms with E-state index in [2.05, 4.69) is 27.0 Å². The van der Waals surface area contributed by atoms with Crippen molar-refractivity contribution in [2.75, 3.05) is 13.2 Å². The predicted octanol–water partition coefficient (Wildman–Crippen LogP) is -3.26. The fourth-order valence-electron chi connectivity index (χ4n) is 3.63. The van der Waals surface area contributed by atoms with Gasteiger partial charge in [0, 0.05) is 12.8 Å². The van der Waals surface area contributed by atoms with Crippen molar-refractivity contribution in [1.29, 1.82) is 0 Å². The molecule has 1 heterocycles. The van der Waals surface area contributed by atoms with Crippen LogP contribution in [0.1, 0.15) is 58.8 Å². The Labute approximate surface area is 215 Å². The molecule has 37 heavy (non-hydrogen) atoms. The number of carbonyl (C=O) groups is 6. The Morgan fingerprint density at radius 3 is 2.32 bits per heavy atom. The van der Waals surface area contributed by atoms with E-state index in [1.54, 1.807) is 0 Å². The monoisotopic (exact) mass is 529 g/mol. The Bertz CT molecular complexity index is 807. The molecule has 1 amide bonds. The maximum absolute atomic E-state index is 13.0. The normalized spacial score (nSPS) is 27.5. The summed E-state index contributed by atoms with van der Waals surface area (Å²) >= 11 is 0. The third-order valence-electron chi connectivity index (χ3n) is 6.01. The first-order valence-corrected chi connectivity index (χ1v) is 12.3. The fourth-order valence-corrected chi connectivity index (χ4v) is 3.63. The molecule has 0 bridgehead atoms. The zero-order valence-electron chi connectivity index (χ0n) is 21.2. The van der Waals surface area contributed by atoms with Gasteiger partial charge in [0.1, 0.15) is 36.0 Å². The zero-order valence-corrected chi connectivity index (χ0v) is 21.2. The Hall–Kier alpha value is -2.46. The Balaban J connectivity index is 3.18. The van der Waals surface area contributed by atoms with Crippen molar-refractivity contribution in [1.82, 2.24) is 27.0 Å². The summed E-state index contributed by atoms with van der Waals surface area (Å²) in [7, 11) is 0. The standard InChI is InChI=1S/C23H39N5O9/c1-13(32)17-7-5-3-4-6-16(34)8-9-18(27-25-15(10-29)11-30)23(37)24-20(14(2)33)22(36)21(35)19(12-31)28-26-17/h10,14-15,17-20,25-28,30-31,33H,3-9,11-12H2,1-2H3,(H,24,37)/t14-,15-,17?,18?,19+,20+/m1/s1. The van der Waals surface area contributed by atoms with E-state index in [0.29, 0.717) is 32.0 Å². The molecular weight excluding hydrogens is 490 g/mol. The van der Waals surface area contributed by atoms with Gasteiger partial charge in [0.2, 0.25) is 17.5 Å². The van der Waals surface area contributed by atoms with E-state index >= 15 is 0 Å². The van der Waals surface area contributed by atoms with Crippen LogP contribution in [0.15, 0.2) is 0 Å². The summed E-state index contributed by atoms with van der Waals surface area (Å²) in [6.45, 7) is 1.17. The first kappa shape index (κ1) is 32.6. The number of hydrazine groups is 2. The molecular formula is C23H39N5O9. The van der Waals surface area contributed by atoms with E-state index in [0.717, 1.165) is 0 Å². The molecule has 6 atom stereocenters. The van der Waals surface area contributed by atoms with Gasteiger partial charge in [0.05, 0.1) is 31.4 Å². The second-order valence-electron chi connectivity index (χ2n) is 9.09. The van der Waals surface area contributed by atoms with E-state index < -0.39 is 67.0 Å². The van der Waals surface area contributed by atoms with Crippen LogP contribution in [0.25, 0.3) is 0 Å². The molecule has 0 saturated carbocycles. The van der Waals surface area contributed by atoms with Gasteiger partial charge in [-0.2, -0.15) is 0 Å². The molecule has 1 fully saturated rings. The lowest BCUT2D eigenvalue weighted by atomic mass is 9.98. The fraction of sp³-hybridized carbons (Fsp3) is 0.739. The summed E-state index contributed by atoms with van der Waals surface area (Å²) in [4.78, 5) is 74.0. The van der Waals surface area contributed by atoms with Crippen molar-refractivity contribution in [2.24, 2.45) is 0 Å². The molecule has 0 aliphatic carbocycles. The van der Waals surface area contributed by atoms with Crippen LogP contribution in [-0.4, -0.2) is 100 Å². The van der Waals surface area contributed by atoms with Gasteiger partial charge in [0.15, 0.2) is 0 Å². The summed E-state index contributed by atoms with van der Waals surface area (Å²) in [6, 6.07) is -6.04. The van der Waals surface area contributed by atoms with Crippen molar-refractivity contribution in [3.8, 4) is 0 Å². The van der Waals surface area contributed by atoms with E-state index in [4.69, 9.17) is 0 Å². The van der Waals surface area contributed by atoms with Gasteiger partial charge in [-0.25, -0.2) is 21.7 Å². The maximum atomic E-state index is 13.0. The van der Waals surface area contributed by atoms with Gasteiger partial charge in [-0.3, -0.25) is 24.0 Å². The van der Waals surface area contributed by atoms with Crippen LogP contribution in [0, 0.1) is 0 Å². The third-order valence-corrected chi connectivity index (χ3v) is 6.01. The van der Waals surface area contributed by atoms with Crippen molar-refractivity contribution >= 4 is 35.3 Å². The van der Waals surface area contributed by atoms with Crippen molar-refractivity contribution in [3.63, 3.8) is 0 Å². The van der Waals surface area contributed by atoms with Gasteiger partial charge < -0.3 is 25.4 Å². The number of nitrogens with one attached hydrogen (secondary N) is 5. The first-order chi connectivity index (χ1) is 17.5. The molecule has 0 spiro atoms. The van der Waals surface area contributed by atoms with Gasteiger partial charge in [-0.1, -0.05) is 12.8 Å². The van der Waals surface area contributed by atoms with E-state index in [9.17, 15) is 44.1 Å². The van der Waals surface area contributed by atoms with Crippen LogP contribution in [0.3, 0.4) is 0 Å². The van der Waals surface area contributed by atoms with Crippen molar-refractivity contribution in [2.45, 2.75) is 95.1 Å². The molecule has 8 N–H and O–H groups in total. The van der Waals surface area contributed by atoms with Crippen LogP contribution in [-0.2, 0) is 28.8 Å². The molecule has 0 aromatic rings. The second-order valence-corrected chi connectivity index (χ2v) is 9.09. The maximum Gasteiger partial charge on any atom is 0.239 e. The topological polar surface area (TPSA) is 223 Å². The lowest BCUT2D eigenvalue weighted by molar-refractivity contribution is -0.142. The van der Waals surface area contributed by atoms with E-state index in [1.165, 1.54) is 13.8 Å². The molecule has 14 nitrogen and oxygen atoms in total. The lowest BCUT2D eigenvalue weighted by Crippen LogP contribution is -2.61. The van der Waals surface area contributed by atoms with Gasteiger partial charge >= 0.3 is 0 Å². The number of aldehydes is 1. The predicted molar refractivity (Wildman–Crippen MR) is 130 cm³/mol. The number of Topliss-reactive ketones (excluding diaryl/α,β-unsaturated/α-hetero) is 4. The lowest BCUT2D eigenvalue weighted by Gasteiger charge is -2.26. The highest BCUT2D eigenvalue weighted by Gasteiger charge is 2.36. The van der Waals surface area contributed by atoms with Crippen LogP contribution in [0.2, 0.25) is 0 Å². The minimum Gasteiger partial charge on any atom is -0.394 e. The van der Waals surface area contributed by atoms with Gasteiger partial charge in [0.25, 0.3) is 0 Å². The number of ketones is 4. The molecule has 0 radical (unpaired) electrons. The molecule has 1 aliphatic rings. The molecule has 0 aromatic heterocycles. The number of hydrogen-bond donors (Lipinski definition) is 8.